The van der Waals surface area contributed by atoms with Crippen LogP contribution in [0.4, 0.5) is 5.69 Å². The van der Waals surface area contributed by atoms with Gasteiger partial charge in [-0.3, -0.25) is 4.79 Å². The molecule has 0 spiro atoms. The molecule has 0 bridgehead atoms. The molecular formula is C19H19NO3. The summed E-state index contributed by atoms with van der Waals surface area (Å²) in [7, 11) is 0. The molecule has 0 aliphatic rings. The van der Waals surface area contributed by atoms with Crippen molar-refractivity contribution in [1.29, 1.82) is 0 Å². The zero-order chi connectivity index (χ0) is 16.4. The summed E-state index contributed by atoms with van der Waals surface area (Å²) >= 11 is 0. The molecule has 3 aromatic rings. The summed E-state index contributed by atoms with van der Waals surface area (Å²) in [5.41, 5.74) is 1.84. The van der Waals surface area contributed by atoms with Crippen molar-refractivity contribution < 1.29 is 9.52 Å². The highest BCUT2D eigenvalue weighted by Crippen LogP contribution is 2.31. The quantitative estimate of drug-likeness (QED) is 0.791. The van der Waals surface area contributed by atoms with Crippen LogP contribution in [0.25, 0.3) is 22.3 Å². The SMILES string of the molecule is CCN(CC)c1ccc(-c2oc3ccccc3c(=O)c2O)cc1. The van der Waals surface area contributed by atoms with Crippen molar-refractivity contribution in [3.8, 4) is 17.1 Å². The van der Waals surface area contributed by atoms with Crippen molar-refractivity contribution >= 4 is 16.7 Å². The molecule has 3 rings (SSSR count). The largest absolute Gasteiger partial charge is 0.502 e. The van der Waals surface area contributed by atoms with Gasteiger partial charge in [-0.2, -0.15) is 0 Å². The van der Waals surface area contributed by atoms with E-state index in [1.807, 2.05) is 24.3 Å². The van der Waals surface area contributed by atoms with Gasteiger partial charge < -0.3 is 14.4 Å². The second kappa shape index (κ2) is 6.16. The first-order chi connectivity index (χ1) is 11.2. The summed E-state index contributed by atoms with van der Waals surface area (Å²) in [6.07, 6.45) is 0. The van der Waals surface area contributed by atoms with Crippen LogP contribution in [-0.2, 0) is 0 Å². The number of nitrogens with zero attached hydrogens (tertiary/aromatic N) is 1. The Morgan fingerprint density at radius 1 is 1.00 bits per heavy atom. The zero-order valence-corrected chi connectivity index (χ0v) is 13.2. The van der Waals surface area contributed by atoms with Crippen molar-refractivity contribution in [3.05, 3.63) is 58.8 Å². The first-order valence-electron chi connectivity index (χ1n) is 7.75. The molecule has 0 amide bonds. The number of anilines is 1. The van der Waals surface area contributed by atoms with Gasteiger partial charge >= 0.3 is 0 Å². The lowest BCUT2D eigenvalue weighted by atomic mass is 10.1. The van der Waals surface area contributed by atoms with Crippen LogP contribution in [0.1, 0.15) is 13.8 Å². The predicted molar refractivity (Wildman–Crippen MR) is 93.1 cm³/mol. The number of hydrogen-bond acceptors (Lipinski definition) is 4. The highest BCUT2D eigenvalue weighted by Gasteiger charge is 2.15. The summed E-state index contributed by atoms with van der Waals surface area (Å²) < 4.78 is 5.75. The average molecular weight is 309 g/mol. The van der Waals surface area contributed by atoms with Gasteiger partial charge in [0.25, 0.3) is 0 Å². The second-order valence-electron chi connectivity index (χ2n) is 5.32. The van der Waals surface area contributed by atoms with Gasteiger partial charge in [-0.05, 0) is 50.2 Å². The van der Waals surface area contributed by atoms with Crippen LogP contribution >= 0.6 is 0 Å². The third-order valence-corrected chi connectivity index (χ3v) is 4.03. The van der Waals surface area contributed by atoms with Crippen LogP contribution in [-0.4, -0.2) is 18.2 Å². The molecule has 0 unspecified atom stereocenters. The summed E-state index contributed by atoms with van der Waals surface area (Å²) in [6, 6.07) is 14.6. The van der Waals surface area contributed by atoms with Gasteiger partial charge in [0, 0.05) is 24.3 Å². The van der Waals surface area contributed by atoms with E-state index in [9.17, 15) is 9.90 Å². The van der Waals surface area contributed by atoms with E-state index in [2.05, 4.69) is 18.7 Å². The Bertz CT molecular complexity index is 877. The molecule has 0 radical (unpaired) electrons. The van der Waals surface area contributed by atoms with E-state index in [1.165, 1.54) is 0 Å². The molecule has 0 fully saturated rings. The van der Waals surface area contributed by atoms with Gasteiger partial charge in [0.1, 0.15) is 5.58 Å². The summed E-state index contributed by atoms with van der Waals surface area (Å²) in [5.74, 6) is -0.140. The Hall–Kier alpha value is -2.75. The van der Waals surface area contributed by atoms with Crippen molar-refractivity contribution in [3.63, 3.8) is 0 Å². The zero-order valence-electron chi connectivity index (χ0n) is 13.2. The Morgan fingerprint density at radius 2 is 1.65 bits per heavy atom. The number of para-hydroxylation sites is 1. The third kappa shape index (κ3) is 2.68. The number of hydrogen-bond donors (Lipinski definition) is 1. The molecule has 4 nitrogen and oxygen atoms in total. The minimum absolute atomic E-state index is 0.208. The Kier molecular flexibility index (Phi) is 4.06. The van der Waals surface area contributed by atoms with E-state index in [0.717, 1.165) is 18.8 Å². The minimum atomic E-state index is -0.408. The molecule has 1 aromatic heterocycles. The molecule has 0 saturated carbocycles. The van der Waals surface area contributed by atoms with E-state index >= 15 is 0 Å². The number of aromatic hydroxyl groups is 1. The summed E-state index contributed by atoms with van der Waals surface area (Å²) in [4.78, 5) is 14.5. The number of benzene rings is 2. The second-order valence-corrected chi connectivity index (χ2v) is 5.32. The van der Waals surface area contributed by atoms with E-state index in [-0.39, 0.29) is 11.5 Å². The Morgan fingerprint density at radius 3 is 2.30 bits per heavy atom. The van der Waals surface area contributed by atoms with Crippen LogP contribution in [0.2, 0.25) is 0 Å². The normalized spacial score (nSPS) is 10.9. The molecule has 1 heterocycles. The Balaban J connectivity index is 2.10. The van der Waals surface area contributed by atoms with E-state index in [0.29, 0.717) is 16.5 Å². The van der Waals surface area contributed by atoms with Crippen LogP contribution in [0.5, 0.6) is 5.75 Å². The topological polar surface area (TPSA) is 53.7 Å². The summed E-state index contributed by atoms with van der Waals surface area (Å²) in [5, 5.41) is 10.6. The Labute approximate surface area is 134 Å². The molecular weight excluding hydrogens is 290 g/mol. The van der Waals surface area contributed by atoms with E-state index in [1.54, 1.807) is 24.3 Å². The highest BCUT2D eigenvalue weighted by molar-refractivity contribution is 5.81. The molecule has 0 aliphatic carbocycles. The maximum atomic E-state index is 12.3. The van der Waals surface area contributed by atoms with Crippen molar-refractivity contribution in [1.82, 2.24) is 0 Å². The van der Waals surface area contributed by atoms with Crippen LogP contribution in [0, 0.1) is 0 Å². The fourth-order valence-corrected chi connectivity index (χ4v) is 2.74. The maximum absolute atomic E-state index is 12.3. The van der Waals surface area contributed by atoms with Gasteiger partial charge in [-0.15, -0.1) is 0 Å². The maximum Gasteiger partial charge on any atom is 0.235 e. The fraction of sp³-hybridized carbons (Fsp3) is 0.211. The van der Waals surface area contributed by atoms with Crippen molar-refractivity contribution in [2.45, 2.75) is 13.8 Å². The van der Waals surface area contributed by atoms with Crippen LogP contribution in [0.15, 0.2) is 57.7 Å². The minimum Gasteiger partial charge on any atom is -0.502 e. The lowest BCUT2D eigenvalue weighted by Gasteiger charge is -2.21. The molecule has 0 aliphatic heterocycles. The molecule has 23 heavy (non-hydrogen) atoms. The molecule has 2 aromatic carbocycles. The van der Waals surface area contributed by atoms with Gasteiger partial charge in [-0.25, -0.2) is 0 Å². The van der Waals surface area contributed by atoms with Crippen molar-refractivity contribution in [2.75, 3.05) is 18.0 Å². The van der Waals surface area contributed by atoms with Gasteiger partial charge in [-0.1, -0.05) is 12.1 Å². The molecule has 1 N–H and O–H groups in total. The van der Waals surface area contributed by atoms with Crippen LogP contribution < -0.4 is 10.3 Å². The van der Waals surface area contributed by atoms with Crippen molar-refractivity contribution in [2.24, 2.45) is 0 Å². The van der Waals surface area contributed by atoms with Gasteiger partial charge in [0.15, 0.2) is 5.76 Å². The highest BCUT2D eigenvalue weighted by atomic mass is 16.4. The van der Waals surface area contributed by atoms with Gasteiger partial charge in [0.05, 0.1) is 5.39 Å². The standard InChI is InChI=1S/C19H19NO3/c1-3-20(4-2)14-11-9-13(10-12-14)19-18(22)17(21)15-7-5-6-8-16(15)23-19/h5-12,22H,3-4H2,1-2H3. The smallest absolute Gasteiger partial charge is 0.235 e. The van der Waals surface area contributed by atoms with E-state index < -0.39 is 5.43 Å². The summed E-state index contributed by atoms with van der Waals surface area (Å²) in [6.45, 7) is 6.05. The third-order valence-electron chi connectivity index (χ3n) is 4.03. The first-order valence-corrected chi connectivity index (χ1v) is 7.75. The van der Waals surface area contributed by atoms with Crippen LogP contribution in [0.3, 0.4) is 0 Å². The lowest BCUT2D eigenvalue weighted by Crippen LogP contribution is -2.21. The molecule has 0 saturated heterocycles. The van der Waals surface area contributed by atoms with Gasteiger partial charge in [0.2, 0.25) is 11.2 Å². The first kappa shape index (κ1) is 15.2. The fourth-order valence-electron chi connectivity index (χ4n) is 2.74. The molecule has 118 valence electrons. The predicted octanol–water partition coefficient (Wildman–Crippen LogP) is 4.01. The molecule has 0 atom stereocenters. The number of rotatable bonds is 4. The number of fused-ring (bicyclic) bond motifs is 1. The molecule has 4 heteroatoms. The van der Waals surface area contributed by atoms with E-state index in [4.69, 9.17) is 4.42 Å². The lowest BCUT2D eigenvalue weighted by molar-refractivity contribution is 0.449. The monoisotopic (exact) mass is 309 g/mol. The average Bonchev–Trinajstić information content (AvgIpc) is 2.60.